The summed E-state index contributed by atoms with van der Waals surface area (Å²) in [6.07, 6.45) is -4.53. The summed E-state index contributed by atoms with van der Waals surface area (Å²) in [4.78, 5) is 4.62. The van der Waals surface area contributed by atoms with E-state index in [2.05, 4.69) is 18.4 Å². The fourth-order valence-electron chi connectivity index (χ4n) is 4.14. The first-order chi connectivity index (χ1) is 15.8. The van der Waals surface area contributed by atoms with Crippen LogP contribution in [0.25, 0.3) is 0 Å². The second kappa shape index (κ2) is 9.37. The smallest absolute Gasteiger partial charge is 0.290 e. The van der Waals surface area contributed by atoms with E-state index in [0.29, 0.717) is 12.1 Å². The van der Waals surface area contributed by atoms with Gasteiger partial charge in [0.2, 0.25) is 0 Å². The van der Waals surface area contributed by atoms with Gasteiger partial charge in [-0.2, -0.15) is 13.2 Å². The minimum absolute atomic E-state index is 0.205. The highest BCUT2D eigenvalue weighted by molar-refractivity contribution is 5.51. The molecule has 0 amide bonds. The first kappa shape index (κ1) is 25.1. The Kier molecular flexibility index (Phi) is 6.92. The molecule has 0 fully saturated rings. The number of hydrogen-bond donors (Lipinski definition) is 0. The predicted molar refractivity (Wildman–Crippen MR) is 131 cm³/mol. The van der Waals surface area contributed by atoms with Crippen molar-refractivity contribution in [2.24, 2.45) is 0 Å². The fourth-order valence-corrected chi connectivity index (χ4v) is 4.14. The molecule has 0 atom stereocenters. The normalized spacial score (nSPS) is 11.3. The summed E-state index contributed by atoms with van der Waals surface area (Å²) in [5, 5.41) is 0. The van der Waals surface area contributed by atoms with E-state index in [1.54, 1.807) is 23.0 Å². The van der Waals surface area contributed by atoms with Crippen molar-refractivity contribution in [3.63, 3.8) is 0 Å². The van der Waals surface area contributed by atoms with Crippen molar-refractivity contribution < 1.29 is 22.3 Å². The zero-order chi connectivity index (χ0) is 25.4. The SMILES string of the molecule is C=[N+](c1c(C)cccc1C)[C-](C)c1cc(C(F)(F)F)cc([C-](C)[N+](=C)c2c(C)cccc2C)n1. The lowest BCUT2D eigenvalue weighted by Crippen LogP contribution is -2.20. The van der Waals surface area contributed by atoms with Crippen molar-refractivity contribution in [2.45, 2.75) is 47.7 Å². The lowest BCUT2D eigenvalue weighted by molar-refractivity contribution is -0.410. The minimum Gasteiger partial charge on any atom is -0.290 e. The Hall–Kier alpha value is -3.54. The van der Waals surface area contributed by atoms with E-state index < -0.39 is 11.7 Å². The van der Waals surface area contributed by atoms with Gasteiger partial charge in [-0.05, 0) is 69.4 Å². The molecule has 0 spiro atoms. The van der Waals surface area contributed by atoms with Crippen LogP contribution in [0.3, 0.4) is 0 Å². The second-order valence-corrected chi connectivity index (χ2v) is 8.63. The standard InChI is InChI=1S/C28H30F3N3/c1-17-11-9-12-18(2)26(17)33(7)21(5)24-15-23(28(29,30)31)16-25(32-24)22(6)34(8)27-19(3)13-10-14-20(27)4/h9-16H,7-8H2,1-6H3. The number of aromatic nitrogens is 1. The Labute approximate surface area is 199 Å². The van der Waals surface area contributed by atoms with Crippen LogP contribution in [-0.4, -0.2) is 27.6 Å². The first-order valence-electron chi connectivity index (χ1n) is 10.9. The van der Waals surface area contributed by atoms with Crippen molar-refractivity contribution in [3.8, 4) is 0 Å². The molecule has 0 unspecified atom stereocenters. The summed E-state index contributed by atoms with van der Waals surface area (Å²) < 4.78 is 44.9. The summed E-state index contributed by atoms with van der Waals surface area (Å²) in [7, 11) is 0. The maximum atomic E-state index is 13.9. The molecule has 0 aliphatic heterocycles. The molecule has 34 heavy (non-hydrogen) atoms. The third-order valence-electron chi connectivity index (χ3n) is 6.12. The summed E-state index contributed by atoms with van der Waals surface area (Å²) >= 11 is 0. The van der Waals surface area contributed by atoms with Gasteiger partial charge in [-0.25, -0.2) is 0 Å². The van der Waals surface area contributed by atoms with E-state index in [1.807, 2.05) is 64.1 Å². The molecule has 178 valence electrons. The van der Waals surface area contributed by atoms with Gasteiger partial charge in [0.15, 0.2) is 0 Å². The zero-order valence-corrected chi connectivity index (χ0v) is 20.5. The average Bonchev–Trinajstić information content (AvgIpc) is 2.76. The number of rotatable bonds is 6. The van der Waals surface area contributed by atoms with Crippen molar-refractivity contribution in [1.82, 2.24) is 4.98 Å². The van der Waals surface area contributed by atoms with E-state index in [9.17, 15) is 13.2 Å². The molecule has 3 aromatic rings. The largest absolute Gasteiger partial charge is 0.400 e. The summed E-state index contributed by atoms with van der Waals surface area (Å²) in [5.41, 5.74) is 5.23. The van der Waals surface area contributed by atoms with Gasteiger partial charge in [0, 0.05) is 11.4 Å². The predicted octanol–water partition coefficient (Wildman–Crippen LogP) is 7.22. The third-order valence-corrected chi connectivity index (χ3v) is 6.12. The van der Waals surface area contributed by atoms with E-state index in [4.69, 9.17) is 0 Å². The quantitative estimate of drug-likeness (QED) is 0.214. The molecule has 0 aliphatic rings. The number of pyridine rings is 1. The van der Waals surface area contributed by atoms with E-state index in [-0.39, 0.29) is 11.4 Å². The van der Waals surface area contributed by atoms with Crippen molar-refractivity contribution >= 4 is 24.8 Å². The van der Waals surface area contributed by atoms with Crippen LogP contribution in [-0.2, 0) is 6.18 Å². The summed E-state index contributed by atoms with van der Waals surface area (Å²) in [5.74, 6) is 0. The van der Waals surface area contributed by atoms with Crippen molar-refractivity contribution in [2.75, 3.05) is 0 Å². The monoisotopic (exact) mass is 465 g/mol. The van der Waals surface area contributed by atoms with Gasteiger partial charge in [0.1, 0.15) is 23.5 Å². The molecule has 0 bridgehead atoms. The number of para-hydroxylation sites is 2. The molecule has 2 aromatic carbocycles. The van der Waals surface area contributed by atoms with E-state index in [1.165, 1.54) is 0 Å². The Bertz CT molecular complexity index is 1130. The first-order valence-corrected chi connectivity index (χ1v) is 10.9. The molecule has 6 heteroatoms. The number of benzene rings is 2. The van der Waals surface area contributed by atoms with Crippen LogP contribution in [0.1, 0.15) is 53.1 Å². The fraction of sp³-hybridized carbons (Fsp3) is 0.250. The lowest BCUT2D eigenvalue weighted by atomic mass is 10.0. The van der Waals surface area contributed by atoms with E-state index in [0.717, 1.165) is 45.8 Å². The topological polar surface area (TPSA) is 18.9 Å². The van der Waals surface area contributed by atoms with Crippen molar-refractivity contribution in [3.05, 3.63) is 99.8 Å². The van der Waals surface area contributed by atoms with Gasteiger partial charge in [-0.15, -0.1) is 0 Å². The number of alkyl halides is 3. The molecule has 0 N–H and O–H groups in total. The van der Waals surface area contributed by atoms with E-state index >= 15 is 0 Å². The van der Waals surface area contributed by atoms with Crippen LogP contribution in [0.15, 0.2) is 48.5 Å². The molecule has 0 aliphatic carbocycles. The van der Waals surface area contributed by atoms with Crippen LogP contribution in [0.2, 0.25) is 0 Å². The molecule has 3 rings (SSSR count). The average molecular weight is 466 g/mol. The molecule has 0 saturated carbocycles. The molecule has 0 radical (unpaired) electrons. The Balaban J connectivity index is 2.10. The number of nitrogens with zero attached hydrogens (tertiary/aromatic N) is 3. The lowest BCUT2D eigenvalue weighted by Gasteiger charge is -2.25. The zero-order valence-electron chi connectivity index (χ0n) is 20.5. The van der Waals surface area contributed by atoms with Gasteiger partial charge >= 0.3 is 6.18 Å². The number of aryl methyl sites for hydroxylation is 4. The highest BCUT2D eigenvalue weighted by Crippen LogP contribution is 2.36. The maximum absolute atomic E-state index is 13.9. The van der Waals surface area contributed by atoms with Crippen molar-refractivity contribution in [1.29, 1.82) is 0 Å². The molecule has 1 heterocycles. The van der Waals surface area contributed by atoms with Crippen LogP contribution >= 0.6 is 0 Å². The number of halogens is 3. The summed E-state index contributed by atoms with van der Waals surface area (Å²) in [6, 6.07) is 14.8. The third kappa shape index (κ3) is 4.86. The Morgan fingerprint density at radius 2 is 1.03 bits per heavy atom. The molecular formula is C28H30F3N3. The van der Waals surface area contributed by atoms with Gasteiger partial charge in [-0.3, -0.25) is 14.1 Å². The maximum Gasteiger partial charge on any atom is 0.400 e. The second-order valence-electron chi connectivity index (χ2n) is 8.63. The summed E-state index contributed by atoms with van der Waals surface area (Å²) in [6.45, 7) is 19.5. The van der Waals surface area contributed by atoms with Crippen LogP contribution in [0, 0.1) is 39.8 Å². The van der Waals surface area contributed by atoms with Gasteiger partial charge in [0.05, 0.1) is 13.4 Å². The molecule has 3 nitrogen and oxygen atoms in total. The minimum atomic E-state index is -4.53. The van der Waals surface area contributed by atoms with Crippen LogP contribution in [0.5, 0.6) is 0 Å². The molecular weight excluding hydrogens is 435 g/mol. The molecule has 0 saturated heterocycles. The number of hydrogen-bond acceptors (Lipinski definition) is 1. The molecule has 1 aromatic heterocycles. The van der Waals surface area contributed by atoms with Crippen LogP contribution in [0.4, 0.5) is 24.5 Å². The Morgan fingerprint density at radius 3 is 1.32 bits per heavy atom. The van der Waals surface area contributed by atoms with Gasteiger partial charge in [-0.1, -0.05) is 48.5 Å². The van der Waals surface area contributed by atoms with Gasteiger partial charge in [0.25, 0.3) is 0 Å². The highest BCUT2D eigenvalue weighted by Gasteiger charge is 2.31. The van der Waals surface area contributed by atoms with Crippen LogP contribution < -0.4 is 0 Å². The Morgan fingerprint density at radius 1 is 0.706 bits per heavy atom. The highest BCUT2D eigenvalue weighted by atomic mass is 19.4. The van der Waals surface area contributed by atoms with Gasteiger partial charge < -0.3 is 0 Å².